The maximum absolute atomic E-state index is 11.6. The normalized spacial score (nSPS) is 17.6. The molecule has 1 aliphatic rings. The molecule has 34 heavy (non-hydrogen) atoms. The number of rotatable bonds is 7. The topological polar surface area (TPSA) is 75.0 Å². The molecule has 1 fully saturated rings. The van der Waals surface area contributed by atoms with Gasteiger partial charge in [0, 0.05) is 23.1 Å². The number of benzene rings is 2. The van der Waals surface area contributed by atoms with E-state index in [0.717, 1.165) is 41.6 Å². The summed E-state index contributed by atoms with van der Waals surface area (Å²) in [6.45, 7) is 9.17. The van der Waals surface area contributed by atoms with E-state index in [9.17, 15) is 9.59 Å². The maximum atomic E-state index is 11.6. The molecule has 2 aromatic carbocycles. The van der Waals surface area contributed by atoms with Crippen LogP contribution in [0.4, 0.5) is 0 Å². The molecular weight excluding hydrogens is 432 g/mol. The number of hydrogen-bond donors (Lipinski definition) is 0. The van der Waals surface area contributed by atoms with Crippen LogP contribution in [0.15, 0.2) is 89.9 Å². The van der Waals surface area contributed by atoms with Crippen LogP contribution in [-0.4, -0.2) is 18.5 Å². The average Bonchev–Trinajstić information content (AvgIpc) is 3.35. The monoisotopic (exact) mass is 458 g/mol. The van der Waals surface area contributed by atoms with Gasteiger partial charge in [0.05, 0.1) is 6.61 Å². The van der Waals surface area contributed by atoms with E-state index in [1.807, 2.05) is 36.4 Å². The summed E-state index contributed by atoms with van der Waals surface area (Å²) in [5, 5.41) is 0. The molecule has 0 aliphatic carbocycles. The first-order chi connectivity index (χ1) is 16.4. The standard InChI is InChI=1S/C28H26O6/c1-4-27(29)32-22-10-5-19(6-11-22)21-9-14-25(31-17-21)26-16-15-24(34-26)20-7-12-23(13-8-20)33-28(30)18(2)3/h4-8,10-13,15-16,21,25H,1-2,9,14,17H2,3H3. The molecular formula is C28H26O6. The van der Waals surface area contributed by atoms with Crippen LogP contribution < -0.4 is 9.47 Å². The second-order valence-corrected chi connectivity index (χ2v) is 8.19. The Balaban J connectivity index is 1.34. The molecule has 0 spiro atoms. The van der Waals surface area contributed by atoms with Crippen molar-refractivity contribution < 1.29 is 28.2 Å². The number of hydrogen-bond acceptors (Lipinski definition) is 6. The SMILES string of the molecule is C=CC(=O)Oc1ccc(C2CCC(c3ccc(-c4ccc(OC(=O)C(=C)C)cc4)o3)OC2)cc1. The van der Waals surface area contributed by atoms with Gasteiger partial charge in [-0.05, 0) is 73.9 Å². The first-order valence-corrected chi connectivity index (χ1v) is 11.1. The lowest BCUT2D eigenvalue weighted by Crippen LogP contribution is -2.19. The minimum Gasteiger partial charge on any atom is -0.458 e. The summed E-state index contributed by atoms with van der Waals surface area (Å²) in [6.07, 6.45) is 2.82. The van der Waals surface area contributed by atoms with Crippen LogP contribution in [0.3, 0.4) is 0 Å². The van der Waals surface area contributed by atoms with Crippen molar-refractivity contribution in [2.45, 2.75) is 31.8 Å². The van der Waals surface area contributed by atoms with Crippen molar-refractivity contribution in [3.63, 3.8) is 0 Å². The minimum atomic E-state index is -0.475. The molecule has 6 nitrogen and oxygen atoms in total. The first-order valence-electron chi connectivity index (χ1n) is 11.1. The van der Waals surface area contributed by atoms with Crippen LogP contribution in [0.25, 0.3) is 11.3 Å². The quantitative estimate of drug-likeness (QED) is 0.240. The minimum absolute atomic E-state index is 0.103. The summed E-state index contributed by atoms with van der Waals surface area (Å²) in [4.78, 5) is 23.0. The first kappa shape index (κ1) is 23.3. The maximum Gasteiger partial charge on any atom is 0.338 e. The van der Waals surface area contributed by atoms with Gasteiger partial charge in [0.1, 0.15) is 29.1 Å². The van der Waals surface area contributed by atoms with Gasteiger partial charge in [-0.15, -0.1) is 0 Å². The highest BCUT2D eigenvalue weighted by atomic mass is 16.5. The second kappa shape index (κ2) is 10.4. The Morgan fingerprint density at radius 2 is 1.62 bits per heavy atom. The third kappa shape index (κ3) is 5.53. The Bertz CT molecular complexity index is 1180. The molecule has 2 atom stereocenters. The van der Waals surface area contributed by atoms with Crippen molar-refractivity contribution in [2.75, 3.05) is 6.61 Å². The van der Waals surface area contributed by atoms with Gasteiger partial charge in [-0.2, -0.15) is 0 Å². The van der Waals surface area contributed by atoms with Gasteiger partial charge >= 0.3 is 11.9 Å². The summed E-state index contributed by atoms with van der Waals surface area (Å²) in [5.41, 5.74) is 2.37. The van der Waals surface area contributed by atoms with Crippen LogP contribution >= 0.6 is 0 Å². The van der Waals surface area contributed by atoms with Crippen molar-refractivity contribution >= 4 is 11.9 Å². The average molecular weight is 459 g/mol. The molecule has 2 heterocycles. The highest BCUT2D eigenvalue weighted by Gasteiger charge is 2.26. The Kier molecular flexibility index (Phi) is 7.09. The number of carbonyl (C=O) groups is 2. The summed E-state index contributed by atoms with van der Waals surface area (Å²) in [5.74, 6) is 1.81. The molecule has 0 amide bonds. The molecule has 174 valence electrons. The van der Waals surface area contributed by atoms with Crippen LogP contribution in [-0.2, 0) is 14.3 Å². The lowest BCUT2D eigenvalue weighted by Gasteiger charge is -2.28. The fourth-order valence-electron chi connectivity index (χ4n) is 3.77. The molecule has 4 rings (SSSR count). The van der Waals surface area contributed by atoms with E-state index in [0.29, 0.717) is 23.7 Å². The van der Waals surface area contributed by atoms with Crippen LogP contribution in [0, 0.1) is 0 Å². The molecule has 2 unspecified atom stereocenters. The third-order valence-corrected chi connectivity index (χ3v) is 5.65. The number of esters is 2. The lowest BCUT2D eigenvalue weighted by molar-refractivity contribution is -0.130. The van der Waals surface area contributed by atoms with Gasteiger partial charge in [-0.1, -0.05) is 25.3 Å². The summed E-state index contributed by atoms with van der Waals surface area (Å²) in [6, 6.07) is 18.5. The predicted molar refractivity (Wildman–Crippen MR) is 128 cm³/mol. The van der Waals surface area contributed by atoms with Gasteiger partial charge in [-0.25, -0.2) is 9.59 Å². The second-order valence-electron chi connectivity index (χ2n) is 8.19. The smallest absolute Gasteiger partial charge is 0.338 e. The Morgan fingerprint density at radius 1 is 0.941 bits per heavy atom. The number of ether oxygens (including phenoxy) is 3. The molecule has 1 aliphatic heterocycles. The van der Waals surface area contributed by atoms with E-state index < -0.39 is 11.9 Å². The summed E-state index contributed by atoms with van der Waals surface area (Å²) >= 11 is 0. The molecule has 0 bridgehead atoms. The predicted octanol–water partition coefficient (Wildman–Crippen LogP) is 6.15. The van der Waals surface area contributed by atoms with Crippen molar-refractivity contribution in [1.29, 1.82) is 0 Å². The molecule has 3 aromatic rings. The summed E-state index contributed by atoms with van der Waals surface area (Å²) in [7, 11) is 0. The Labute approximate surface area is 198 Å². The molecule has 6 heteroatoms. The zero-order chi connectivity index (χ0) is 24.1. The fraction of sp³-hybridized carbons (Fsp3) is 0.214. The van der Waals surface area contributed by atoms with Gasteiger partial charge in [0.25, 0.3) is 0 Å². The van der Waals surface area contributed by atoms with E-state index in [1.165, 1.54) is 0 Å². The van der Waals surface area contributed by atoms with E-state index in [2.05, 4.69) is 13.2 Å². The molecule has 1 aromatic heterocycles. The number of carbonyl (C=O) groups excluding carboxylic acids is 2. The van der Waals surface area contributed by atoms with E-state index >= 15 is 0 Å². The van der Waals surface area contributed by atoms with Gasteiger partial charge < -0.3 is 18.6 Å². The molecule has 0 N–H and O–H groups in total. The number of furan rings is 1. The van der Waals surface area contributed by atoms with Crippen molar-refractivity contribution in [1.82, 2.24) is 0 Å². The van der Waals surface area contributed by atoms with E-state index in [1.54, 1.807) is 31.2 Å². The van der Waals surface area contributed by atoms with Gasteiger partial charge in [0.15, 0.2) is 0 Å². The summed E-state index contributed by atoms with van der Waals surface area (Å²) < 4.78 is 22.5. The zero-order valence-electron chi connectivity index (χ0n) is 19.0. The zero-order valence-corrected chi connectivity index (χ0v) is 19.0. The van der Waals surface area contributed by atoms with E-state index in [-0.39, 0.29) is 12.0 Å². The molecule has 1 saturated heterocycles. The molecule has 0 radical (unpaired) electrons. The van der Waals surface area contributed by atoms with Crippen LogP contribution in [0.2, 0.25) is 0 Å². The van der Waals surface area contributed by atoms with E-state index in [4.69, 9.17) is 18.6 Å². The van der Waals surface area contributed by atoms with Crippen LogP contribution in [0.1, 0.15) is 43.1 Å². The third-order valence-electron chi connectivity index (χ3n) is 5.65. The molecule has 0 saturated carbocycles. The Hall–Kier alpha value is -3.90. The van der Waals surface area contributed by atoms with Crippen molar-refractivity contribution in [3.05, 3.63) is 96.8 Å². The van der Waals surface area contributed by atoms with Crippen molar-refractivity contribution in [2.24, 2.45) is 0 Å². The lowest BCUT2D eigenvalue weighted by atomic mass is 9.91. The fourth-order valence-corrected chi connectivity index (χ4v) is 3.77. The highest BCUT2D eigenvalue weighted by molar-refractivity contribution is 5.88. The highest BCUT2D eigenvalue weighted by Crippen LogP contribution is 2.37. The van der Waals surface area contributed by atoms with Gasteiger partial charge in [-0.3, -0.25) is 0 Å². The van der Waals surface area contributed by atoms with Gasteiger partial charge in [0.2, 0.25) is 0 Å². The van der Waals surface area contributed by atoms with Crippen LogP contribution in [0.5, 0.6) is 11.5 Å². The van der Waals surface area contributed by atoms with Crippen molar-refractivity contribution in [3.8, 4) is 22.8 Å². The largest absolute Gasteiger partial charge is 0.458 e. The Morgan fingerprint density at radius 3 is 2.24 bits per heavy atom.